The molecule has 0 bridgehead atoms. The standard InChI is InChI=1S/C14H20FN3O/c1-2-18(8-10-3-4-10)9-12-6-5-11(7-13(12)15)14(16)17-19/h5-7,10,19H,2-4,8-9H2,1H3,(H2,16,17). The van der Waals surface area contributed by atoms with Crippen LogP contribution >= 0.6 is 0 Å². The molecule has 1 aromatic rings. The summed E-state index contributed by atoms with van der Waals surface area (Å²) in [6.07, 6.45) is 2.59. The van der Waals surface area contributed by atoms with Crippen molar-refractivity contribution in [3.63, 3.8) is 0 Å². The van der Waals surface area contributed by atoms with Crippen LogP contribution in [0.5, 0.6) is 0 Å². The fourth-order valence-corrected chi connectivity index (χ4v) is 2.10. The number of halogens is 1. The van der Waals surface area contributed by atoms with Gasteiger partial charge in [-0.15, -0.1) is 0 Å². The van der Waals surface area contributed by atoms with Gasteiger partial charge >= 0.3 is 0 Å². The van der Waals surface area contributed by atoms with Crippen molar-refractivity contribution in [3.05, 3.63) is 35.1 Å². The average Bonchev–Trinajstić information content (AvgIpc) is 3.23. The lowest BCUT2D eigenvalue weighted by atomic mass is 10.1. The predicted molar refractivity (Wildman–Crippen MR) is 72.6 cm³/mol. The summed E-state index contributed by atoms with van der Waals surface area (Å²) in [6.45, 7) is 4.65. The van der Waals surface area contributed by atoms with Crippen LogP contribution in [0.1, 0.15) is 30.9 Å². The van der Waals surface area contributed by atoms with Crippen LogP contribution in [-0.4, -0.2) is 29.0 Å². The van der Waals surface area contributed by atoms with Gasteiger partial charge in [0.25, 0.3) is 0 Å². The van der Waals surface area contributed by atoms with Gasteiger partial charge in [-0.1, -0.05) is 24.2 Å². The monoisotopic (exact) mass is 265 g/mol. The second-order valence-electron chi connectivity index (χ2n) is 5.06. The third kappa shape index (κ3) is 3.67. The van der Waals surface area contributed by atoms with Crippen molar-refractivity contribution in [3.8, 4) is 0 Å². The Morgan fingerprint density at radius 1 is 1.53 bits per heavy atom. The van der Waals surface area contributed by atoms with Crippen molar-refractivity contribution in [2.75, 3.05) is 13.1 Å². The lowest BCUT2D eigenvalue weighted by molar-refractivity contribution is 0.264. The lowest BCUT2D eigenvalue weighted by Crippen LogP contribution is -2.25. The zero-order valence-corrected chi connectivity index (χ0v) is 11.1. The maximum atomic E-state index is 14.0. The molecular weight excluding hydrogens is 245 g/mol. The first-order valence-electron chi connectivity index (χ1n) is 6.62. The highest BCUT2D eigenvalue weighted by atomic mass is 19.1. The van der Waals surface area contributed by atoms with Crippen LogP contribution in [0.25, 0.3) is 0 Å². The number of oxime groups is 1. The molecule has 0 radical (unpaired) electrons. The highest BCUT2D eigenvalue weighted by Gasteiger charge is 2.24. The van der Waals surface area contributed by atoms with Gasteiger partial charge in [0.2, 0.25) is 0 Å². The van der Waals surface area contributed by atoms with Gasteiger partial charge in [0, 0.05) is 24.2 Å². The molecule has 19 heavy (non-hydrogen) atoms. The van der Waals surface area contributed by atoms with Crippen LogP contribution in [0.2, 0.25) is 0 Å². The number of nitrogens with two attached hydrogens (primary N) is 1. The second kappa shape index (κ2) is 6.02. The minimum absolute atomic E-state index is 0.0734. The first-order valence-corrected chi connectivity index (χ1v) is 6.62. The number of amidine groups is 1. The number of hydrogen-bond acceptors (Lipinski definition) is 3. The molecule has 5 heteroatoms. The van der Waals surface area contributed by atoms with Crippen LogP contribution in [0.3, 0.4) is 0 Å². The molecule has 104 valence electrons. The third-order valence-electron chi connectivity index (χ3n) is 3.51. The van der Waals surface area contributed by atoms with Crippen molar-refractivity contribution >= 4 is 5.84 Å². The van der Waals surface area contributed by atoms with Gasteiger partial charge < -0.3 is 10.9 Å². The van der Waals surface area contributed by atoms with Gasteiger partial charge in [0.1, 0.15) is 5.82 Å². The SMILES string of the molecule is CCN(Cc1ccc(C(N)=NO)cc1F)CC1CC1. The quantitative estimate of drug-likeness (QED) is 0.358. The molecule has 1 saturated carbocycles. The van der Waals surface area contributed by atoms with Crippen LogP contribution in [0, 0.1) is 11.7 Å². The van der Waals surface area contributed by atoms with Crippen LogP contribution < -0.4 is 5.73 Å². The highest BCUT2D eigenvalue weighted by Crippen LogP contribution is 2.30. The van der Waals surface area contributed by atoms with Gasteiger partial charge in [-0.3, -0.25) is 4.90 Å². The summed E-state index contributed by atoms with van der Waals surface area (Å²) in [7, 11) is 0. The maximum Gasteiger partial charge on any atom is 0.170 e. The van der Waals surface area contributed by atoms with Crippen LogP contribution in [-0.2, 0) is 6.54 Å². The lowest BCUT2D eigenvalue weighted by Gasteiger charge is -2.20. The van der Waals surface area contributed by atoms with Gasteiger partial charge in [-0.2, -0.15) is 0 Å². The Hall–Kier alpha value is -1.62. The highest BCUT2D eigenvalue weighted by molar-refractivity contribution is 5.97. The van der Waals surface area contributed by atoms with Gasteiger partial charge in [-0.25, -0.2) is 4.39 Å². The van der Waals surface area contributed by atoms with Crippen LogP contribution in [0.4, 0.5) is 4.39 Å². The minimum atomic E-state index is -0.307. The Labute approximate surface area is 112 Å². The maximum absolute atomic E-state index is 14.0. The molecule has 0 aliphatic heterocycles. The van der Waals surface area contributed by atoms with E-state index in [1.54, 1.807) is 12.1 Å². The molecule has 0 unspecified atom stereocenters. The number of rotatable bonds is 6. The molecule has 0 amide bonds. The van der Waals surface area contributed by atoms with Gasteiger partial charge in [-0.05, 0) is 31.4 Å². The fourth-order valence-electron chi connectivity index (χ4n) is 2.10. The minimum Gasteiger partial charge on any atom is -0.409 e. The summed E-state index contributed by atoms with van der Waals surface area (Å²) in [5, 5.41) is 11.4. The molecule has 0 spiro atoms. The molecule has 1 fully saturated rings. The molecule has 0 aromatic heterocycles. The Morgan fingerprint density at radius 2 is 2.26 bits per heavy atom. The summed E-state index contributed by atoms with van der Waals surface area (Å²) >= 11 is 0. The average molecular weight is 265 g/mol. The van der Waals surface area contributed by atoms with Crippen LogP contribution in [0.15, 0.2) is 23.4 Å². The Bertz CT molecular complexity index is 472. The van der Waals surface area contributed by atoms with Crippen molar-refractivity contribution in [2.24, 2.45) is 16.8 Å². The first kappa shape index (κ1) is 13.8. The molecular formula is C14H20FN3O. The Morgan fingerprint density at radius 3 is 2.79 bits per heavy atom. The van der Waals surface area contributed by atoms with E-state index < -0.39 is 0 Å². The molecule has 3 N–H and O–H groups in total. The van der Waals surface area contributed by atoms with E-state index in [1.165, 1.54) is 18.9 Å². The van der Waals surface area contributed by atoms with Crippen molar-refractivity contribution in [2.45, 2.75) is 26.3 Å². The van der Waals surface area contributed by atoms with Crippen molar-refractivity contribution in [1.82, 2.24) is 4.90 Å². The summed E-state index contributed by atoms with van der Waals surface area (Å²) in [5.74, 6) is 0.411. The fraction of sp³-hybridized carbons (Fsp3) is 0.500. The van der Waals surface area contributed by atoms with E-state index in [2.05, 4.69) is 17.0 Å². The summed E-state index contributed by atoms with van der Waals surface area (Å²) in [6, 6.07) is 4.70. The predicted octanol–water partition coefficient (Wildman–Crippen LogP) is 2.15. The van der Waals surface area contributed by atoms with E-state index in [9.17, 15) is 4.39 Å². The van der Waals surface area contributed by atoms with Crippen molar-refractivity contribution in [1.29, 1.82) is 0 Å². The number of nitrogens with zero attached hydrogens (tertiary/aromatic N) is 2. The largest absolute Gasteiger partial charge is 0.409 e. The third-order valence-corrected chi connectivity index (χ3v) is 3.51. The Balaban J connectivity index is 2.06. The second-order valence-corrected chi connectivity index (χ2v) is 5.06. The van der Waals surface area contributed by atoms with Gasteiger partial charge in [0.15, 0.2) is 5.84 Å². The number of benzene rings is 1. The molecule has 0 saturated heterocycles. The zero-order chi connectivity index (χ0) is 13.8. The molecule has 4 nitrogen and oxygen atoms in total. The van der Waals surface area contributed by atoms with E-state index in [0.717, 1.165) is 19.0 Å². The van der Waals surface area contributed by atoms with E-state index >= 15 is 0 Å². The van der Waals surface area contributed by atoms with Gasteiger partial charge in [0.05, 0.1) is 0 Å². The normalized spacial score (nSPS) is 16.1. The molecule has 1 aliphatic carbocycles. The molecule has 0 atom stereocenters. The molecule has 1 aliphatic rings. The summed E-state index contributed by atoms with van der Waals surface area (Å²) in [5.41, 5.74) is 6.48. The van der Waals surface area contributed by atoms with E-state index in [4.69, 9.17) is 10.9 Å². The van der Waals surface area contributed by atoms with E-state index in [-0.39, 0.29) is 11.7 Å². The molecule has 2 rings (SSSR count). The smallest absolute Gasteiger partial charge is 0.170 e. The topological polar surface area (TPSA) is 61.8 Å². The molecule has 0 heterocycles. The summed E-state index contributed by atoms with van der Waals surface area (Å²) in [4.78, 5) is 2.25. The van der Waals surface area contributed by atoms with E-state index in [0.29, 0.717) is 17.7 Å². The van der Waals surface area contributed by atoms with E-state index in [1.807, 2.05) is 0 Å². The summed E-state index contributed by atoms with van der Waals surface area (Å²) < 4.78 is 14.0. The number of hydrogen-bond donors (Lipinski definition) is 2. The Kier molecular flexibility index (Phi) is 4.37. The van der Waals surface area contributed by atoms with Crippen molar-refractivity contribution < 1.29 is 9.60 Å². The first-order chi connectivity index (χ1) is 9.13. The molecule has 1 aromatic carbocycles. The zero-order valence-electron chi connectivity index (χ0n) is 11.1.